The minimum Gasteiger partial charge on any atom is -0.504 e. The van der Waals surface area contributed by atoms with E-state index in [0.29, 0.717) is 6.42 Å². The van der Waals surface area contributed by atoms with Gasteiger partial charge >= 0.3 is 12.1 Å². The normalized spacial score (nSPS) is 21.9. The summed E-state index contributed by atoms with van der Waals surface area (Å²) in [4.78, 5) is 27.8. The summed E-state index contributed by atoms with van der Waals surface area (Å²) in [5, 5.41) is -0.0266. The minimum atomic E-state index is -2.17. The summed E-state index contributed by atoms with van der Waals surface area (Å²) in [6.07, 6.45) is 3.14. The molecule has 0 bridgehead atoms. The predicted molar refractivity (Wildman–Crippen MR) is 135 cm³/mol. The Morgan fingerprint density at radius 2 is 1.85 bits per heavy atom. The maximum absolute atomic E-state index is 13.2. The Bertz CT molecular complexity index is 892. The monoisotopic (exact) mass is 489 g/mol. The average Bonchev–Trinajstić information content (AvgIpc) is 3.10. The zero-order chi connectivity index (χ0) is 25.6. The first-order valence-electron chi connectivity index (χ1n) is 11.5. The molecule has 8 heteroatoms. The van der Waals surface area contributed by atoms with Crippen LogP contribution in [0.4, 0.5) is 4.79 Å². The van der Waals surface area contributed by atoms with Crippen LogP contribution in [0.3, 0.4) is 0 Å². The summed E-state index contributed by atoms with van der Waals surface area (Å²) in [5.41, 5.74) is 0.739. The summed E-state index contributed by atoms with van der Waals surface area (Å²) >= 11 is 0. The molecule has 1 aromatic carbocycles. The topological polar surface area (TPSA) is 74.3 Å². The summed E-state index contributed by atoms with van der Waals surface area (Å²) in [7, 11) is 0.693. The Labute approximate surface area is 204 Å². The molecule has 0 aliphatic carbocycles. The van der Waals surface area contributed by atoms with Crippen molar-refractivity contribution in [1.29, 1.82) is 0 Å². The Kier molecular flexibility index (Phi) is 9.13. The van der Waals surface area contributed by atoms with Gasteiger partial charge in [-0.1, -0.05) is 57.2 Å². The molecule has 0 saturated carbocycles. The Morgan fingerprint density at radius 1 is 1.21 bits per heavy atom. The van der Waals surface area contributed by atoms with Gasteiger partial charge in [-0.2, -0.15) is 0 Å². The van der Waals surface area contributed by atoms with Gasteiger partial charge in [0.1, 0.15) is 12.6 Å². The van der Waals surface area contributed by atoms with E-state index in [1.54, 1.807) is 19.4 Å². The fourth-order valence-electron chi connectivity index (χ4n) is 3.90. The highest BCUT2D eigenvalue weighted by atomic mass is 28.4. The van der Waals surface area contributed by atoms with Gasteiger partial charge in [0.2, 0.25) is 0 Å². The maximum Gasteiger partial charge on any atom is 0.411 e. The first-order chi connectivity index (χ1) is 15.9. The van der Waals surface area contributed by atoms with Gasteiger partial charge in [-0.05, 0) is 35.7 Å². The van der Waals surface area contributed by atoms with E-state index in [4.69, 9.17) is 18.6 Å². The number of nitrogens with zero attached hydrogens (tertiary/aromatic N) is 1. The van der Waals surface area contributed by atoms with Crippen LogP contribution in [0, 0.1) is 5.41 Å². The van der Waals surface area contributed by atoms with Crippen LogP contribution in [0.2, 0.25) is 18.1 Å². The number of carbonyl (C=O) groups is 2. The van der Waals surface area contributed by atoms with Crippen molar-refractivity contribution in [3.05, 3.63) is 60.4 Å². The number of esters is 1. The van der Waals surface area contributed by atoms with Crippen molar-refractivity contribution < 1.29 is 28.2 Å². The predicted octanol–water partition coefficient (Wildman–Crippen LogP) is 5.30. The third-order valence-electron chi connectivity index (χ3n) is 6.94. The molecule has 34 heavy (non-hydrogen) atoms. The highest BCUT2D eigenvalue weighted by Crippen LogP contribution is 2.48. The van der Waals surface area contributed by atoms with E-state index in [0.717, 1.165) is 11.1 Å². The molecular formula is C26H39NO6Si. The standard InChI is InChI=1S/C26H39NO6Si/c1-9-15-26(19-33-34(7,8)25(2,3)4)21(18-30-5)16-27(22(26)23(28)31-6)24(29)32-17-20-13-11-10-12-14-20/h9-14,18,22H,1,15-17,19H2,2-8H3. The molecule has 1 saturated heterocycles. The van der Waals surface area contributed by atoms with E-state index in [1.165, 1.54) is 12.0 Å². The average molecular weight is 490 g/mol. The Morgan fingerprint density at radius 3 is 2.38 bits per heavy atom. The molecule has 1 heterocycles. The summed E-state index contributed by atoms with van der Waals surface area (Å²) < 4.78 is 22.7. The molecule has 2 unspecified atom stereocenters. The third-order valence-corrected chi connectivity index (χ3v) is 11.4. The molecule has 1 aliphatic heterocycles. The number of methoxy groups -OCH3 is 2. The van der Waals surface area contributed by atoms with Crippen LogP contribution in [0.5, 0.6) is 0 Å². The van der Waals surface area contributed by atoms with E-state index in [1.807, 2.05) is 30.3 Å². The Balaban J connectivity index is 2.45. The molecule has 1 fully saturated rings. The van der Waals surface area contributed by atoms with Crippen molar-refractivity contribution in [1.82, 2.24) is 4.90 Å². The van der Waals surface area contributed by atoms with Gasteiger partial charge in [0.15, 0.2) is 8.32 Å². The first-order valence-corrected chi connectivity index (χ1v) is 14.4. The lowest BCUT2D eigenvalue weighted by molar-refractivity contribution is -0.149. The number of allylic oxidation sites excluding steroid dienone is 1. The third kappa shape index (κ3) is 5.91. The molecule has 0 radical (unpaired) electrons. The fraction of sp³-hybridized carbons (Fsp3) is 0.538. The zero-order valence-electron chi connectivity index (χ0n) is 21.6. The smallest absolute Gasteiger partial charge is 0.411 e. The van der Waals surface area contributed by atoms with Crippen molar-refractivity contribution in [2.24, 2.45) is 5.41 Å². The number of ether oxygens (including phenoxy) is 3. The largest absolute Gasteiger partial charge is 0.504 e. The quantitative estimate of drug-likeness (QED) is 0.203. The zero-order valence-corrected chi connectivity index (χ0v) is 22.6. The number of carbonyl (C=O) groups excluding carboxylic acids is 2. The number of rotatable bonds is 9. The molecule has 0 aromatic heterocycles. The second-order valence-electron chi connectivity index (χ2n) is 10.2. The van der Waals surface area contributed by atoms with Gasteiger partial charge in [0.05, 0.1) is 25.9 Å². The molecule has 1 aromatic rings. The minimum absolute atomic E-state index is 0.0266. The number of amides is 1. The van der Waals surface area contributed by atoms with Crippen LogP contribution in [-0.2, 0) is 30.0 Å². The summed E-state index contributed by atoms with van der Waals surface area (Å²) in [6.45, 7) is 15.2. The van der Waals surface area contributed by atoms with Crippen LogP contribution >= 0.6 is 0 Å². The van der Waals surface area contributed by atoms with Gasteiger partial charge in [-0.3, -0.25) is 4.90 Å². The lowest BCUT2D eigenvalue weighted by Crippen LogP contribution is -2.53. The van der Waals surface area contributed by atoms with Crippen molar-refractivity contribution in [2.45, 2.75) is 58.0 Å². The number of likely N-dealkylation sites (tertiary alicyclic amines) is 1. The molecule has 2 rings (SSSR count). The van der Waals surface area contributed by atoms with Crippen LogP contribution < -0.4 is 0 Å². The SMILES string of the molecule is C=CCC1(CO[Si](C)(C)C(C)(C)C)C(=COC)CN(C(=O)OCc2ccccc2)C1C(=O)OC. The van der Waals surface area contributed by atoms with E-state index < -0.39 is 31.8 Å². The molecule has 0 spiro atoms. The molecular weight excluding hydrogens is 450 g/mol. The molecule has 1 amide bonds. The van der Waals surface area contributed by atoms with Crippen LogP contribution in [0.25, 0.3) is 0 Å². The number of hydrogen-bond donors (Lipinski definition) is 0. The highest BCUT2D eigenvalue weighted by molar-refractivity contribution is 6.74. The maximum atomic E-state index is 13.2. The van der Waals surface area contributed by atoms with Gasteiger partial charge in [-0.15, -0.1) is 6.58 Å². The van der Waals surface area contributed by atoms with Crippen molar-refractivity contribution in [2.75, 3.05) is 27.4 Å². The van der Waals surface area contributed by atoms with Gasteiger partial charge in [0.25, 0.3) is 0 Å². The summed E-state index contributed by atoms with van der Waals surface area (Å²) in [5.74, 6) is -0.531. The van der Waals surface area contributed by atoms with E-state index in [2.05, 4.69) is 40.4 Å². The molecule has 188 valence electrons. The van der Waals surface area contributed by atoms with Crippen molar-refractivity contribution in [3.8, 4) is 0 Å². The van der Waals surface area contributed by atoms with E-state index in [9.17, 15) is 9.59 Å². The van der Waals surface area contributed by atoms with E-state index in [-0.39, 0.29) is 24.8 Å². The Hall–Kier alpha value is -2.58. The molecule has 2 atom stereocenters. The number of hydrogen-bond acceptors (Lipinski definition) is 6. The van der Waals surface area contributed by atoms with E-state index >= 15 is 0 Å². The summed E-state index contributed by atoms with van der Waals surface area (Å²) in [6, 6.07) is 8.46. The van der Waals surface area contributed by atoms with Crippen molar-refractivity contribution >= 4 is 20.4 Å². The van der Waals surface area contributed by atoms with Gasteiger partial charge in [0, 0.05) is 13.2 Å². The second kappa shape index (κ2) is 11.2. The first kappa shape index (κ1) is 27.7. The van der Waals surface area contributed by atoms with Crippen LogP contribution in [-0.4, -0.2) is 58.7 Å². The fourth-order valence-corrected chi connectivity index (χ4v) is 4.95. The number of benzene rings is 1. The molecule has 0 N–H and O–H groups in total. The van der Waals surface area contributed by atoms with Gasteiger partial charge < -0.3 is 18.6 Å². The molecule has 1 aliphatic rings. The molecule has 7 nitrogen and oxygen atoms in total. The van der Waals surface area contributed by atoms with Gasteiger partial charge in [-0.25, -0.2) is 9.59 Å². The van der Waals surface area contributed by atoms with Crippen LogP contribution in [0.1, 0.15) is 32.8 Å². The van der Waals surface area contributed by atoms with Crippen LogP contribution in [0.15, 0.2) is 54.8 Å². The lowest BCUT2D eigenvalue weighted by Gasteiger charge is -2.42. The van der Waals surface area contributed by atoms with Crippen molar-refractivity contribution in [3.63, 3.8) is 0 Å². The second-order valence-corrected chi connectivity index (χ2v) is 15.0. The highest BCUT2D eigenvalue weighted by Gasteiger charge is 2.58. The lowest BCUT2D eigenvalue weighted by atomic mass is 9.75.